The van der Waals surface area contributed by atoms with Crippen LogP contribution in [0.3, 0.4) is 0 Å². The van der Waals surface area contributed by atoms with E-state index in [1.54, 1.807) is 84.9 Å². The second kappa shape index (κ2) is 46.8. The number of aliphatic hydroxyl groups is 1. The first-order valence-corrected chi connectivity index (χ1v) is 39.5. The fourth-order valence-electron chi connectivity index (χ4n) is 13.9. The molecule has 3 amide bonds. The second-order valence-electron chi connectivity index (χ2n) is 28.3. The number of carboxylic acids is 1. The average molecular weight is 1560 g/mol. The molecule has 1 heterocycles. The van der Waals surface area contributed by atoms with Gasteiger partial charge < -0.3 is 74.6 Å². The number of anilines is 3. The zero-order valence-corrected chi connectivity index (χ0v) is 65.3. The summed E-state index contributed by atoms with van der Waals surface area (Å²) < 4.78 is 45.5. The van der Waals surface area contributed by atoms with Gasteiger partial charge in [-0.2, -0.15) is 0 Å². The second-order valence-corrected chi connectivity index (χ2v) is 29.5. The number of rotatable bonds is 19. The van der Waals surface area contributed by atoms with E-state index in [1.165, 1.54) is 103 Å². The molecule has 6 aliphatic carbocycles. The van der Waals surface area contributed by atoms with Crippen molar-refractivity contribution in [2.45, 2.75) is 242 Å². The summed E-state index contributed by atoms with van der Waals surface area (Å²) in [6, 6.07) is 28.4. The number of carbonyl (C=O) groups is 6. The number of hydrogen-bond acceptors (Lipinski definition) is 17. The maximum Gasteiger partial charge on any atom is 1.00 e. The van der Waals surface area contributed by atoms with Gasteiger partial charge >= 0.3 is 36.8 Å². The van der Waals surface area contributed by atoms with E-state index < -0.39 is 23.8 Å². The molecule has 109 heavy (non-hydrogen) atoms. The van der Waals surface area contributed by atoms with E-state index in [0.29, 0.717) is 72.4 Å². The topological polar surface area (TPSA) is 303 Å². The van der Waals surface area contributed by atoms with Crippen molar-refractivity contribution in [3.8, 4) is 34.5 Å². The smallest absolute Gasteiger partial charge is 0.870 e. The molecule has 586 valence electrons. The van der Waals surface area contributed by atoms with E-state index >= 15 is 0 Å². The van der Waals surface area contributed by atoms with Gasteiger partial charge in [-0.1, -0.05) is 86.2 Å². The number of phenolic OH excluding ortho intramolecular Hbond substituents is 1. The standard InChI is InChI=1S/C27H32ClNO5.C26H30ClNO5.C21H22ClNO5.C6H12O.C4H8O.Li.H2O/c1-32-27(31)18-12-14-20(15-13-18)29-26(30)19-16-23(28)25(34-22-10-6-3-7-11-22)24(17-19)33-21-8-4-2-5-9-21;27-22-15-18(25(29)28-19-13-11-17(12-14-19)26(30)31)16-23(32-20-7-3-1-4-8-20)24(22)33-21-9-5-2-6-10-21;1-27-21(26)13-7-9-15(10-8-13)23-20(25)14-11-17(22)19(24)18(12-14)28-16-5-3-2-4-6-16;7-6-4-2-1-3-5-6;1-2-4-5-3-1;;/h12-17,21-22H,2-11H2,1H3,(H,29,30);11-16,20-21H,1-10H2,(H,28,29)(H,30,31);7-12,16,24H,2-6H2,1H3,(H,23,25);6-7H,1-5H2;1-4H2;;1H2/q;;;;;+1;/p-1. The maximum atomic E-state index is 13.0. The van der Waals surface area contributed by atoms with Crippen molar-refractivity contribution in [2.75, 3.05) is 43.4 Å². The number of benzene rings is 6. The SMILES string of the molecule is C1CCOC1.COC(=O)c1ccc(NC(=O)c2cc(Cl)c(O)c(OC3CCCCC3)c2)cc1.COC(=O)c1ccc(NC(=O)c2cc(Cl)c(OC3CCCCC3)c(OC3CCCCC3)c2)cc1.O=C(O)c1ccc(NC(=O)c2cc(Cl)c(OC3CCCCC3)c(OC3CCCCC3)c2)cc1.OC1CCCCC1.[Li+].[OH-]. The number of amides is 3. The molecule has 1 aliphatic heterocycles. The Morgan fingerprint density at radius 2 is 0.642 bits per heavy atom. The summed E-state index contributed by atoms with van der Waals surface area (Å²) in [6.07, 6.45) is 36.0. The molecule has 0 spiro atoms. The van der Waals surface area contributed by atoms with E-state index in [4.69, 9.17) is 78.2 Å². The maximum absolute atomic E-state index is 13.0. The van der Waals surface area contributed by atoms with Crippen LogP contribution in [0.2, 0.25) is 15.1 Å². The number of aliphatic hydroxyl groups excluding tert-OH is 1. The number of phenols is 1. The molecule has 0 atom stereocenters. The fraction of sp³-hybridized carbons (Fsp3) is 0.500. The Bertz CT molecular complexity index is 3820. The van der Waals surface area contributed by atoms with Crippen molar-refractivity contribution in [3.05, 3.63) is 158 Å². The molecule has 1 saturated heterocycles. The van der Waals surface area contributed by atoms with E-state index in [-0.39, 0.29) is 100 Å². The van der Waals surface area contributed by atoms with Crippen molar-refractivity contribution in [1.82, 2.24) is 0 Å². The largest absolute Gasteiger partial charge is 1.00 e. The van der Waals surface area contributed by atoms with Gasteiger partial charge in [0.05, 0.1) is 82.6 Å². The van der Waals surface area contributed by atoms with E-state index in [0.717, 1.165) is 154 Å². The molecule has 21 nitrogen and oxygen atoms in total. The van der Waals surface area contributed by atoms with Crippen LogP contribution in [-0.2, 0) is 14.2 Å². The van der Waals surface area contributed by atoms with Gasteiger partial charge in [0, 0.05) is 47.0 Å². The predicted molar refractivity (Wildman–Crippen MR) is 417 cm³/mol. The number of methoxy groups -OCH3 is 2. The molecule has 13 rings (SSSR count). The number of ether oxygens (including phenoxy) is 8. The number of halogens is 3. The van der Waals surface area contributed by atoms with Gasteiger partial charge in [0.2, 0.25) is 0 Å². The Labute approximate surface area is 667 Å². The summed E-state index contributed by atoms with van der Waals surface area (Å²) >= 11 is 19.4. The molecule has 0 unspecified atom stereocenters. The number of nitrogens with one attached hydrogen (secondary N) is 3. The molecule has 0 bridgehead atoms. The fourth-order valence-corrected chi connectivity index (χ4v) is 14.6. The van der Waals surface area contributed by atoms with Crippen LogP contribution in [0.25, 0.3) is 0 Å². The van der Waals surface area contributed by atoms with E-state index in [1.807, 2.05) is 0 Å². The van der Waals surface area contributed by atoms with Crippen LogP contribution in [0.5, 0.6) is 34.5 Å². The Morgan fingerprint density at radius 3 is 0.917 bits per heavy atom. The summed E-state index contributed by atoms with van der Waals surface area (Å²) in [5.74, 6) is -0.786. The van der Waals surface area contributed by atoms with E-state index in [2.05, 4.69) is 20.7 Å². The molecule has 0 aromatic heterocycles. The first-order chi connectivity index (χ1) is 51.9. The minimum atomic E-state index is -1.02. The minimum Gasteiger partial charge on any atom is -0.870 e. The van der Waals surface area contributed by atoms with Crippen molar-refractivity contribution < 1.29 is 106 Å². The zero-order valence-electron chi connectivity index (χ0n) is 63.0. The van der Waals surface area contributed by atoms with E-state index in [9.17, 15) is 33.9 Å². The summed E-state index contributed by atoms with van der Waals surface area (Å²) in [6.45, 7) is 2.00. The Kier molecular flexibility index (Phi) is 38.0. The molecule has 6 aromatic rings. The molecule has 6 aromatic carbocycles. The molecule has 0 radical (unpaired) electrons. The van der Waals surface area contributed by atoms with Crippen LogP contribution in [0, 0.1) is 0 Å². The van der Waals surface area contributed by atoms with Crippen molar-refractivity contribution >= 4 is 87.5 Å². The number of carboxylic acid groups (broad SMARTS) is 1. The number of aromatic carboxylic acids is 1. The van der Waals surface area contributed by atoms with Gasteiger partial charge in [-0.3, -0.25) is 14.4 Å². The Morgan fingerprint density at radius 1 is 0.367 bits per heavy atom. The Hall–Kier alpha value is -7.71. The van der Waals surface area contributed by atoms with Gasteiger partial charge in [-0.15, -0.1) is 0 Å². The summed E-state index contributed by atoms with van der Waals surface area (Å²) in [7, 11) is 2.63. The first-order valence-electron chi connectivity index (χ1n) is 38.3. The first kappa shape index (κ1) is 88.5. The van der Waals surface area contributed by atoms with Crippen molar-refractivity contribution in [3.63, 3.8) is 0 Å². The quantitative estimate of drug-likeness (QED) is 0.0324. The van der Waals surface area contributed by atoms with Crippen LogP contribution < -0.4 is 58.5 Å². The molecule has 7 N–H and O–H groups in total. The minimum absolute atomic E-state index is 0. The third-order valence-corrected chi connectivity index (χ3v) is 20.8. The molecule has 7 fully saturated rings. The van der Waals surface area contributed by atoms with Gasteiger partial charge in [0.25, 0.3) is 17.7 Å². The van der Waals surface area contributed by atoms with Crippen LogP contribution in [0.4, 0.5) is 17.1 Å². The van der Waals surface area contributed by atoms with Crippen molar-refractivity contribution in [1.29, 1.82) is 0 Å². The molecular formula is C84H105Cl3LiN3O18. The van der Waals surface area contributed by atoms with Gasteiger partial charge in [-0.05, 0) is 263 Å². The summed E-state index contributed by atoms with van der Waals surface area (Å²) in [4.78, 5) is 72.7. The predicted octanol–water partition coefficient (Wildman–Crippen LogP) is 17.2. The van der Waals surface area contributed by atoms with Crippen LogP contribution in [0.1, 0.15) is 268 Å². The van der Waals surface area contributed by atoms with Crippen LogP contribution in [-0.4, -0.2) is 120 Å². The normalized spacial score (nSPS) is 17.0. The summed E-state index contributed by atoms with van der Waals surface area (Å²) in [5.41, 5.74) is 3.55. The van der Waals surface area contributed by atoms with Crippen molar-refractivity contribution in [2.24, 2.45) is 0 Å². The monoisotopic (exact) mass is 1560 g/mol. The Balaban J connectivity index is 0.000000209. The number of hydrogen-bond donors (Lipinski definition) is 6. The average Bonchev–Trinajstić information content (AvgIpc) is 1.43. The van der Waals surface area contributed by atoms with Crippen LogP contribution in [0.15, 0.2) is 109 Å². The van der Waals surface area contributed by atoms with Crippen LogP contribution >= 0.6 is 34.8 Å². The molecule has 6 saturated carbocycles. The van der Waals surface area contributed by atoms with Gasteiger partial charge in [0.15, 0.2) is 34.5 Å². The number of esters is 2. The van der Waals surface area contributed by atoms with Gasteiger partial charge in [-0.25, -0.2) is 14.4 Å². The van der Waals surface area contributed by atoms with Gasteiger partial charge in [0.1, 0.15) is 0 Å². The summed E-state index contributed by atoms with van der Waals surface area (Å²) in [5, 5.41) is 37.3. The number of aromatic hydroxyl groups is 1. The number of carbonyl (C=O) groups excluding carboxylic acids is 5. The third kappa shape index (κ3) is 28.8. The molecule has 25 heteroatoms. The third-order valence-electron chi connectivity index (χ3n) is 20.0. The molecular weight excluding hydrogens is 1450 g/mol. The zero-order chi connectivity index (χ0) is 75.9. The molecule has 7 aliphatic rings.